The highest BCUT2D eigenvalue weighted by Gasteiger charge is 2.40. The Kier molecular flexibility index (Phi) is 3.69. The summed E-state index contributed by atoms with van der Waals surface area (Å²) < 4.78 is 5.95. The number of hydrogen-bond acceptors (Lipinski definition) is 3. The van der Waals surface area contributed by atoms with Crippen LogP contribution < -0.4 is 10.1 Å². The van der Waals surface area contributed by atoms with Gasteiger partial charge in [0.05, 0.1) is 6.04 Å². The number of aliphatic hydroxyl groups is 1. The lowest BCUT2D eigenvalue weighted by Crippen LogP contribution is -2.39. The number of ether oxygens (including phenoxy) is 1. The van der Waals surface area contributed by atoms with Gasteiger partial charge < -0.3 is 15.2 Å². The van der Waals surface area contributed by atoms with E-state index in [1.807, 2.05) is 18.2 Å². The lowest BCUT2D eigenvalue weighted by Gasteiger charge is -2.27. The molecule has 0 saturated carbocycles. The van der Waals surface area contributed by atoms with E-state index < -0.39 is 0 Å². The number of unbranched alkanes of at least 4 members (excludes halogenated alkanes) is 1. The van der Waals surface area contributed by atoms with E-state index in [-0.39, 0.29) is 18.2 Å². The highest BCUT2D eigenvalue weighted by Crippen LogP contribution is 2.42. The second kappa shape index (κ2) is 5.07. The third-order valence-electron chi connectivity index (χ3n) is 3.23. The zero-order chi connectivity index (χ0) is 12.3. The molecule has 3 heteroatoms. The third-order valence-corrected chi connectivity index (χ3v) is 3.23. The Morgan fingerprint density at radius 1 is 1.29 bits per heavy atom. The summed E-state index contributed by atoms with van der Waals surface area (Å²) in [5, 5.41) is 12.3. The fraction of sp³-hybridized carbons (Fsp3) is 0.571. The lowest BCUT2D eigenvalue weighted by atomic mass is 9.94. The zero-order valence-electron chi connectivity index (χ0n) is 10.6. The van der Waals surface area contributed by atoms with Gasteiger partial charge in [-0.3, -0.25) is 0 Å². The predicted octanol–water partition coefficient (Wildman–Crippen LogP) is 2.26. The molecule has 17 heavy (non-hydrogen) atoms. The maximum atomic E-state index is 8.77. The molecule has 2 N–H and O–H groups in total. The number of hydrogen-bond donors (Lipinski definition) is 2. The molecule has 1 aliphatic heterocycles. The molecule has 0 radical (unpaired) electrons. The van der Waals surface area contributed by atoms with Crippen LogP contribution in [0.3, 0.4) is 0 Å². The number of para-hydroxylation sites is 1. The Bertz CT molecular complexity index is 376. The van der Waals surface area contributed by atoms with Crippen LogP contribution >= 0.6 is 0 Å². The van der Waals surface area contributed by atoms with Crippen molar-refractivity contribution in [2.24, 2.45) is 0 Å². The standard InChI is InChI=1S/C14H21NO2/c1-14(2)13(15-9-5-6-10-16)11-7-3-4-8-12(11)17-14/h3-4,7-8,13,15-16H,5-6,9-10H2,1-2H3. The van der Waals surface area contributed by atoms with Crippen LogP contribution in [0.4, 0.5) is 0 Å². The van der Waals surface area contributed by atoms with Crippen molar-refractivity contribution in [3.63, 3.8) is 0 Å². The van der Waals surface area contributed by atoms with Crippen molar-refractivity contribution < 1.29 is 9.84 Å². The van der Waals surface area contributed by atoms with Gasteiger partial charge in [-0.2, -0.15) is 0 Å². The SMILES string of the molecule is CC1(C)Oc2ccccc2C1NCCCCO. The van der Waals surface area contributed by atoms with Crippen LogP contribution in [-0.2, 0) is 0 Å². The summed E-state index contributed by atoms with van der Waals surface area (Å²) in [6.07, 6.45) is 1.84. The highest BCUT2D eigenvalue weighted by molar-refractivity contribution is 5.42. The van der Waals surface area contributed by atoms with Gasteiger partial charge in [0.25, 0.3) is 0 Å². The van der Waals surface area contributed by atoms with Crippen LogP contribution in [0.1, 0.15) is 38.3 Å². The summed E-state index contributed by atoms with van der Waals surface area (Å²) in [7, 11) is 0. The van der Waals surface area contributed by atoms with Crippen LogP contribution in [0.25, 0.3) is 0 Å². The quantitative estimate of drug-likeness (QED) is 0.769. The summed E-state index contributed by atoms with van der Waals surface area (Å²) >= 11 is 0. The van der Waals surface area contributed by atoms with Crippen LogP contribution in [0, 0.1) is 0 Å². The van der Waals surface area contributed by atoms with Crippen molar-refractivity contribution in [1.82, 2.24) is 5.32 Å². The normalized spacial score (nSPS) is 21.0. The molecule has 1 aromatic carbocycles. The first-order chi connectivity index (χ1) is 8.15. The van der Waals surface area contributed by atoms with Crippen molar-refractivity contribution in [3.05, 3.63) is 29.8 Å². The van der Waals surface area contributed by atoms with E-state index >= 15 is 0 Å². The summed E-state index contributed by atoms with van der Waals surface area (Å²) in [6, 6.07) is 8.42. The molecule has 94 valence electrons. The lowest BCUT2D eigenvalue weighted by molar-refractivity contribution is 0.0962. The molecule has 1 heterocycles. The molecule has 0 aliphatic carbocycles. The summed E-state index contributed by atoms with van der Waals surface area (Å²) in [4.78, 5) is 0. The Hall–Kier alpha value is -1.06. The number of aliphatic hydroxyl groups excluding tert-OH is 1. The minimum absolute atomic E-state index is 0.205. The van der Waals surface area contributed by atoms with Crippen molar-refractivity contribution in [2.75, 3.05) is 13.2 Å². The Balaban J connectivity index is 2.04. The second-order valence-corrected chi connectivity index (χ2v) is 5.06. The molecule has 1 aromatic rings. The van der Waals surface area contributed by atoms with Gasteiger partial charge in [0.1, 0.15) is 11.4 Å². The monoisotopic (exact) mass is 235 g/mol. The van der Waals surface area contributed by atoms with Crippen LogP contribution in [0.2, 0.25) is 0 Å². The molecule has 3 nitrogen and oxygen atoms in total. The predicted molar refractivity (Wildman–Crippen MR) is 68.2 cm³/mol. The first-order valence-corrected chi connectivity index (χ1v) is 6.27. The average Bonchev–Trinajstić information content (AvgIpc) is 2.55. The van der Waals surface area contributed by atoms with E-state index in [0.29, 0.717) is 0 Å². The van der Waals surface area contributed by atoms with Gasteiger partial charge in [-0.25, -0.2) is 0 Å². The maximum Gasteiger partial charge on any atom is 0.125 e. The smallest absolute Gasteiger partial charge is 0.125 e. The summed E-state index contributed by atoms with van der Waals surface area (Å²) in [5.74, 6) is 0.983. The molecule has 2 rings (SSSR count). The van der Waals surface area contributed by atoms with Gasteiger partial charge >= 0.3 is 0 Å². The van der Waals surface area contributed by atoms with E-state index in [9.17, 15) is 0 Å². The molecule has 0 spiro atoms. The van der Waals surface area contributed by atoms with Crippen molar-refractivity contribution in [2.45, 2.75) is 38.3 Å². The first kappa shape index (κ1) is 12.4. The largest absolute Gasteiger partial charge is 0.486 e. The molecule has 1 atom stereocenters. The van der Waals surface area contributed by atoms with Gasteiger partial charge in [0.15, 0.2) is 0 Å². The minimum atomic E-state index is -0.205. The Labute approximate surface area is 103 Å². The third kappa shape index (κ3) is 2.61. The number of fused-ring (bicyclic) bond motifs is 1. The van der Waals surface area contributed by atoms with Crippen molar-refractivity contribution in [1.29, 1.82) is 0 Å². The number of benzene rings is 1. The molecule has 0 fully saturated rings. The Morgan fingerprint density at radius 3 is 2.82 bits per heavy atom. The Morgan fingerprint density at radius 2 is 2.06 bits per heavy atom. The second-order valence-electron chi connectivity index (χ2n) is 5.06. The van der Waals surface area contributed by atoms with Gasteiger partial charge in [-0.1, -0.05) is 18.2 Å². The van der Waals surface area contributed by atoms with E-state index in [1.165, 1.54) is 5.56 Å². The highest BCUT2D eigenvalue weighted by atomic mass is 16.5. The van der Waals surface area contributed by atoms with Crippen LogP contribution in [-0.4, -0.2) is 23.9 Å². The van der Waals surface area contributed by atoms with Gasteiger partial charge in [-0.05, 0) is 39.3 Å². The molecule has 1 unspecified atom stereocenters. The molecule has 1 aliphatic rings. The molecular weight excluding hydrogens is 214 g/mol. The molecule has 0 amide bonds. The minimum Gasteiger partial charge on any atom is -0.486 e. The van der Waals surface area contributed by atoms with Gasteiger partial charge in [-0.15, -0.1) is 0 Å². The zero-order valence-corrected chi connectivity index (χ0v) is 10.6. The average molecular weight is 235 g/mol. The van der Waals surface area contributed by atoms with E-state index in [4.69, 9.17) is 9.84 Å². The maximum absolute atomic E-state index is 8.77. The van der Waals surface area contributed by atoms with Crippen LogP contribution in [0.5, 0.6) is 5.75 Å². The molecular formula is C14H21NO2. The van der Waals surface area contributed by atoms with Crippen molar-refractivity contribution in [3.8, 4) is 5.75 Å². The summed E-state index contributed by atoms with van der Waals surface area (Å²) in [6.45, 7) is 5.39. The van der Waals surface area contributed by atoms with E-state index in [0.717, 1.165) is 25.1 Å². The van der Waals surface area contributed by atoms with Crippen molar-refractivity contribution >= 4 is 0 Å². The van der Waals surface area contributed by atoms with E-state index in [2.05, 4.69) is 25.2 Å². The molecule has 0 bridgehead atoms. The number of rotatable bonds is 5. The fourth-order valence-corrected chi connectivity index (χ4v) is 2.37. The fourth-order valence-electron chi connectivity index (χ4n) is 2.37. The van der Waals surface area contributed by atoms with Crippen LogP contribution in [0.15, 0.2) is 24.3 Å². The molecule has 0 saturated heterocycles. The number of nitrogens with one attached hydrogen (secondary N) is 1. The first-order valence-electron chi connectivity index (χ1n) is 6.27. The van der Waals surface area contributed by atoms with E-state index in [1.54, 1.807) is 0 Å². The topological polar surface area (TPSA) is 41.5 Å². The molecule has 0 aromatic heterocycles. The van der Waals surface area contributed by atoms with Gasteiger partial charge in [0, 0.05) is 12.2 Å². The summed E-state index contributed by atoms with van der Waals surface area (Å²) in [5.41, 5.74) is 1.03. The van der Waals surface area contributed by atoms with Gasteiger partial charge in [0.2, 0.25) is 0 Å².